The van der Waals surface area contributed by atoms with Crippen molar-refractivity contribution in [3.63, 3.8) is 0 Å². The number of hydrogen-bond donors (Lipinski definition) is 1. The average molecular weight is 363 g/mol. The lowest BCUT2D eigenvalue weighted by Gasteiger charge is -2.13. The molecule has 7 heteroatoms. The van der Waals surface area contributed by atoms with Crippen LogP contribution in [-0.2, 0) is 4.74 Å². The summed E-state index contributed by atoms with van der Waals surface area (Å²) in [5.74, 6) is -0.247. The number of aryl methyl sites for hydroxylation is 2. The molecule has 0 unspecified atom stereocenters. The number of halogens is 1. The molecule has 1 N–H and O–H groups in total. The molecule has 0 aliphatic carbocycles. The number of nitrogens with one attached hydrogen (secondary N) is 1. The Labute approximate surface area is 147 Å². The number of carbonyl (C=O) groups excluding carboxylic acids is 1. The fourth-order valence-electron chi connectivity index (χ4n) is 2.37. The predicted molar refractivity (Wildman–Crippen MR) is 95.0 cm³/mol. The Morgan fingerprint density at radius 2 is 2.04 bits per heavy atom. The van der Waals surface area contributed by atoms with Crippen molar-refractivity contribution < 1.29 is 9.53 Å². The van der Waals surface area contributed by atoms with E-state index in [1.54, 1.807) is 31.2 Å². The highest BCUT2D eigenvalue weighted by Crippen LogP contribution is 2.27. The average Bonchev–Trinajstić information content (AvgIpc) is 2.82. The first-order valence-electron chi connectivity index (χ1n) is 7.34. The van der Waals surface area contributed by atoms with Gasteiger partial charge in [0.1, 0.15) is 4.83 Å². The maximum atomic E-state index is 12.3. The van der Waals surface area contributed by atoms with Crippen LogP contribution < -0.4 is 5.56 Å². The van der Waals surface area contributed by atoms with E-state index in [1.165, 1.54) is 11.3 Å². The molecular weight excluding hydrogens is 348 g/mol. The Balaban J connectivity index is 1.92. The number of fused-ring (bicyclic) bond motifs is 1. The van der Waals surface area contributed by atoms with Crippen LogP contribution in [0.1, 0.15) is 39.7 Å². The molecule has 2 aromatic heterocycles. The maximum absolute atomic E-state index is 12.3. The van der Waals surface area contributed by atoms with Crippen LogP contribution in [0.25, 0.3) is 10.2 Å². The first-order valence-corrected chi connectivity index (χ1v) is 8.53. The second-order valence-corrected chi connectivity index (χ2v) is 7.05. The minimum absolute atomic E-state index is 0.225. The Morgan fingerprint density at radius 1 is 1.33 bits per heavy atom. The van der Waals surface area contributed by atoms with Gasteiger partial charge >= 0.3 is 5.97 Å². The zero-order chi connectivity index (χ0) is 17.4. The smallest absolute Gasteiger partial charge is 0.340 e. The highest BCUT2D eigenvalue weighted by atomic mass is 35.5. The molecule has 0 saturated heterocycles. The monoisotopic (exact) mass is 362 g/mol. The number of nitrogens with zero attached hydrogens (tertiary/aromatic N) is 1. The van der Waals surface area contributed by atoms with Crippen molar-refractivity contribution in [2.24, 2.45) is 0 Å². The number of carbonyl (C=O) groups is 1. The molecule has 0 amide bonds. The maximum Gasteiger partial charge on any atom is 0.340 e. The summed E-state index contributed by atoms with van der Waals surface area (Å²) in [6, 6.07) is 6.64. The molecule has 3 aromatic rings. The van der Waals surface area contributed by atoms with Gasteiger partial charge < -0.3 is 9.72 Å². The summed E-state index contributed by atoms with van der Waals surface area (Å²) in [6.07, 6.45) is -0.700. The number of H-pyrrole nitrogens is 1. The summed E-state index contributed by atoms with van der Waals surface area (Å²) in [5.41, 5.74) is 0.978. The van der Waals surface area contributed by atoms with Crippen molar-refractivity contribution in [3.05, 3.63) is 61.5 Å². The van der Waals surface area contributed by atoms with Crippen LogP contribution >= 0.6 is 22.9 Å². The summed E-state index contributed by atoms with van der Waals surface area (Å²) < 4.78 is 5.39. The van der Waals surface area contributed by atoms with E-state index in [-0.39, 0.29) is 11.1 Å². The number of benzene rings is 1. The summed E-state index contributed by atoms with van der Waals surface area (Å²) in [7, 11) is 0. The van der Waals surface area contributed by atoms with Gasteiger partial charge in [0.25, 0.3) is 5.56 Å². The molecule has 0 fully saturated rings. The van der Waals surface area contributed by atoms with Gasteiger partial charge in [0, 0.05) is 4.88 Å². The largest absolute Gasteiger partial charge is 0.451 e. The number of ether oxygens (including phenoxy) is 1. The first-order chi connectivity index (χ1) is 11.4. The Kier molecular flexibility index (Phi) is 4.43. The van der Waals surface area contributed by atoms with E-state index in [0.29, 0.717) is 21.1 Å². The molecule has 24 heavy (non-hydrogen) atoms. The third-order valence-corrected chi connectivity index (χ3v) is 5.25. The van der Waals surface area contributed by atoms with Crippen molar-refractivity contribution in [2.45, 2.75) is 26.9 Å². The van der Waals surface area contributed by atoms with Gasteiger partial charge in [-0.2, -0.15) is 0 Å². The Bertz CT molecular complexity index is 993. The lowest BCUT2D eigenvalue weighted by Crippen LogP contribution is -2.17. The normalized spacial score (nSPS) is 12.3. The summed E-state index contributed by atoms with van der Waals surface area (Å²) in [4.78, 5) is 33.4. The molecule has 0 radical (unpaired) electrons. The van der Waals surface area contributed by atoms with Crippen LogP contribution in [0.5, 0.6) is 0 Å². The number of aromatic amines is 1. The molecule has 0 aliphatic heterocycles. The van der Waals surface area contributed by atoms with Gasteiger partial charge in [0.05, 0.1) is 16.0 Å². The molecule has 1 atom stereocenters. The van der Waals surface area contributed by atoms with Crippen molar-refractivity contribution in [2.75, 3.05) is 0 Å². The van der Waals surface area contributed by atoms with Gasteiger partial charge in [-0.15, -0.1) is 11.3 Å². The minimum Gasteiger partial charge on any atom is -0.451 e. The Hall–Kier alpha value is -2.18. The van der Waals surface area contributed by atoms with Crippen LogP contribution in [0.2, 0.25) is 5.02 Å². The van der Waals surface area contributed by atoms with E-state index in [2.05, 4.69) is 9.97 Å². The quantitative estimate of drug-likeness (QED) is 0.709. The number of aromatic nitrogens is 2. The number of hydrogen-bond acceptors (Lipinski definition) is 5. The predicted octanol–water partition coefficient (Wildman–Crippen LogP) is 4.17. The van der Waals surface area contributed by atoms with Crippen LogP contribution in [-0.4, -0.2) is 15.9 Å². The van der Waals surface area contributed by atoms with Crippen molar-refractivity contribution in [1.29, 1.82) is 0 Å². The third-order valence-electron chi connectivity index (χ3n) is 3.82. The third kappa shape index (κ3) is 2.95. The van der Waals surface area contributed by atoms with Gasteiger partial charge in [-0.25, -0.2) is 9.78 Å². The van der Waals surface area contributed by atoms with E-state index in [4.69, 9.17) is 16.3 Å². The molecule has 3 rings (SSSR count). The zero-order valence-electron chi connectivity index (χ0n) is 13.3. The van der Waals surface area contributed by atoms with Crippen LogP contribution in [0.3, 0.4) is 0 Å². The van der Waals surface area contributed by atoms with Gasteiger partial charge in [-0.1, -0.05) is 23.7 Å². The highest BCUT2D eigenvalue weighted by Gasteiger charge is 2.20. The molecule has 0 spiro atoms. The first kappa shape index (κ1) is 16.7. The SMILES string of the molecule is Cc1sc2nc([C@H](C)OC(=O)c3ccccc3Cl)[nH]c(=O)c2c1C. The lowest BCUT2D eigenvalue weighted by atomic mass is 10.2. The van der Waals surface area contributed by atoms with E-state index in [9.17, 15) is 9.59 Å². The summed E-state index contributed by atoms with van der Waals surface area (Å²) >= 11 is 7.45. The second-order valence-electron chi connectivity index (χ2n) is 5.44. The van der Waals surface area contributed by atoms with Gasteiger partial charge in [0.2, 0.25) is 0 Å². The molecule has 0 saturated carbocycles. The fourth-order valence-corrected chi connectivity index (χ4v) is 3.62. The van der Waals surface area contributed by atoms with Gasteiger partial charge in [-0.05, 0) is 38.5 Å². The molecule has 1 aromatic carbocycles. The summed E-state index contributed by atoms with van der Waals surface area (Å²) in [5, 5.41) is 0.905. The zero-order valence-corrected chi connectivity index (χ0v) is 14.9. The standard InChI is InChI=1S/C17H15ClN2O3S/c1-8-10(3)24-16-13(8)15(21)19-14(20-16)9(2)23-17(22)11-6-4-5-7-12(11)18/h4-7,9H,1-3H3,(H,19,20,21)/t9-/m0/s1. The number of esters is 1. The Morgan fingerprint density at radius 3 is 2.75 bits per heavy atom. The van der Waals surface area contributed by atoms with E-state index in [0.717, 1.165) is 10.4 Å². The van der Waals surface area contributed by atoms with Crippen LogP contribution in [0.4, 0.5) is 0 Å². The second kappa shape index (κ2) is 6.37. The van der Waals surface area contributed by atoms with E-state index < -0.39 is 12.1 Å². The van der Waals surface area contributed by atoms with Crippen LogP contribution in [0, 0.1) is 13.8 Å². The molecule has 0 bridgehead atoms. The van der Waals surface area contributed by atoms with Crippen molar-refractivity contribution in [3.8, 4) is 0 Å². The van der Waals surface area contributed by atoms with E-state index >= 15 is 0 Å². The van der Waals surface area contributed by atoms with Crippen molar-refractivity contribution >= 4 is 39.1 Å². The lowest BCUT2D eigenvalue weighted by molar-refractivity contribution is 0.0320. The van der Waals surface area contributed by atoms with Crippen LogP contribution in [0.15, 0.2) is 29.1 Å². The topological polar surface area (TPSA) is 72.0 Å². The molecular formula is C17H15ClN2O3S. The molecule has 0 aliphatic rings. The molecule has 2 heterocycles. The number of rotatable bonds is 3. The highest BCUT2D eigenvalue weighted by molar-refractivity contribution is 7.18. The fraction of sp³-hybridized carbons (Fsp3) is 0.235. The molecule has 124 valence electrons. The summed E-state index contributed by atoms with van der Waals surface area (Å²) in [6.45, 7) is 5.50. The molecule has 5 nitrogen and oxygen atoms in total. The van der Waals surface area contributed by atoms with Gasteiger partial charge in [-0.3, -0.25) is 4.79 Å². The van der Waals surface area contributed by atoms with Gasteiger partial charge in [0.15, 0.2) is 11.9 Å². The minimum atomic E-state index is -0.700. The number of thiophene rings is 1. The van der Waals surface area contributed by atoms with Crippen molar-refractivity contribution in [1.82, 2.24) is 9.97 Å². The van der Waals surface area contributed by atoms with E-state index in [1.807, 2.05) is 13.8 Å².